The molecule has 1 atom stereocenters. The first-order valence-corrected chi connectivity index (χ1v) is 10.9. The van der Waals surface area contributed by atoms with E-state index in [1.807, 2.05) is 60.7 Å². The molecule has 0 aliphatic rings. The topological polar surface area (TPSA) is 80.7 Å². The molecule has 0 bridgehead atoms. The van der Waals surface area contributed by atoms with Crippen molar-refractivity contribution in [1.82, 2.24) is 15.2 Å². The number of halogens is 1. The molecular weight excluding hydrogens is 436 g/mol. The quantitative estimate of drug-likeness (QED) is 0.352. The van der Waals surface area contributed by atoms with Crippen LogP contribution in [0.15, 0.2) is 77.8 Å². The highest BCUT2D eigenvalue weighted by Gasteiger charge is 2.21. The number of hydrogen-bond acceptors (Lipinski definition) is 4. The fourth-order valence-corrected chi connectivity index (χ4v) is 3.99. The van der Waals surface area contributed by atoms with Gasteiger partial charge >= 0.3 is 0 Å². The highest BCUT2D eigenvalue weighted by molar-refractivity contribution is 6.31. The third-order valence-electron chi connectivity index (χ3n) is 5.47. The summed E-state index contributed by atoms with van der Waals surface area (Å²) in [7, 11) is 5.23. The summed E-state index contributed by atoms with van der Waals surface area (Å²) in [4.78, 5) is 21.9. The Labute approximate surface area is 197 Å². The molecule has 1 heterocycles. The Balaban J connectivity index is 1.81. The molecule has 0 aliphatic heterocycles. The Morgan fingerprint density at radius 1 is 1.06 bits per heavy atom. The van der Waals surface area contributed by atoms with Crippen LogP contribution in [-0.4, -0.2) is 47.8 Å². The van der Waals surface area contributed by atoms with Gasteiger partial charge < -0.3 is 20.3 Å². The lowest BCUT2D eigenvalue weighted by Crippen LogP contribution is -2.35. The normalized spacial score (nSPS) is 12.7. The first kappa shape index (κ1) is 22.6. The molecule has 168 valence electrons. The zero-order chi connectivity index (χ0) is 23.5. The molecule has 33 heavy (non-hydrogen) atoms. The van der Waals surface area contributed by atoms with Crippen LogP contribution in [0.5, 0.6) is 5.88 Å². The van der Waals surface area contributed by atoms with Crippen molar-refractivity contribution in [1.29, 1.82) is 0 Å². The molecule has 4 rings (SSSR count). The Morgan fingerprint density at radius 2 is 1.76 bits per heavy atom. The third-order valence-corrected chi connectivity index (χ3v) is 5.70. The van der Waals surface area contributed by atoms with Crippen LogP contribution in [0.1, 0.15) is 22.7 Å². The lowest BCUT2D eigenvalue weighted by Gasteiger charge is -2.20. The van der Waals surface area contributed by atoms with Gasteiger partial charge in [-0.25, -0.2) is 4.99 Å². The van der Waals surface area contributed by atoms with E-state index in [-0.39, 0.29) is 11.8 Å². The number of aromatic nitrogens is 1. The van der Waals surface area contributed by atoms with Crippen LogP contribution >= 0.6 is 11.6 Å². The molecule has 4 aromatic rings. The maximum absolute atomic E-state index is 12.5. The number of amides is 1. The van der Waals surface area contributed by atoms with E-state index in [0.717, 1.165) is 22.0 Å². The highest BCUT2D eigenvalue weighted by atomic mass is 35.5. The molecule has 0 fully saturated rings. The SMILES string of the molecule is CNC(C(=O)N(C)C)c1ccc(N=C(c2ccccc2)c2c(O)[nH]c3cc(Cl)ccc23)cc1. The average Bonchev–Trinajstić information content (AvgIpc) is 3.13. The van der Waals surface area contributed by atoms with E-state index >= 15 is 0 Å². The van der Waals surface area contributed by atoms with Crippen molar-refractivity contribution in [2.75, 3.05) is 21.1 Å². The number of fused-ring (bicyclic) bond motifs is 1. The van der Waals surface area contributed by atoms with Crippen LogP contribution in [0, 0.1) is 0 Å². The Hall–Kier alpha value is -3.61. The number of benzene rings is 3. The number of aromatic amines is 1. The predicted molar refractivity (Wildman–Crippen MR) is 134 cm³/mol. The number of rotatable bonds is 6. The smallest absolute Gasteiger partial charge is 0.243 e. The van der Waals surface area contributed by atoms with Gasteiger partial charge in [0.1, 0.15) is 6.04 Å². The van der Waals surface area contributed by atoms with Gasteiger partial charge in [0.2, 0.25) is 5.91 Å². The largest absolute Gasteiger partial charge is 0.494 e. The second kappa shape index (κ2) is 9.48. The molecule has 7 heteroatoms. The standard InChI is InChI=1S/C26H25ClN4O2/c1-28-24(26(33)31(2)3)17-9-12-19(13-10-17)29-23(16-7-5-4-6-8-16)22-20-14-11-18(27)15-21(20)30-25(22)32/h4-15,24,28,30,32H,1-3H3. The van der Waals surface area contributed by atoms with Gasteiger partial charge in [-0.3, -0.25) is 4.79 Å². The van der Waals surface area contributed by atoms with E-state index in [0.29, 0.717) is 22.0 Å². The molecule has 3 N–H and O–H groups in total. The summed E-state index contributed by atoms with van der Waals surface area (Å²) in [6.45, 7) is 0. The van der Waals surface area contributed by atoms with Gasteiger partial charge in [0.15, 0.2) is 5.88 Å². The van der Waals surface area contributed by atoms with Crippen LogP contribution in [0.4, 0.5) is 5.69 Å². The van der Waals surface area contributed by atoms with Crippen LogP contribution in [0.3, 0.4) is 0 Å². The van der Waals surface area contributed by atoms with Gasteiger partial charge in [-0.15, -0.1) is 0 Å². The van der Waals surface area contributed by atoms with Gasteiger partial charge in [0, 0.05) is 30.1 Å². The number of nitrogens with zero attached hydrogens (tertiary/aromatic N) is 2. The second-order valence-electron chi connectivity index (χ2n) is 7.91. The Bertz CT molecular complexity index is 1310. The number of nitrogens with one attached hydrogen (secondary N) is 2. The van der Waals surface area contributed by atoms with E-state index < -0.39 is 6.04 Å². The molecule has 3 aromatic carbocycles. The number of H-pyrrole nitrogens is 1. The van der Waals surface area contributed by atoms with E-state index in [1.165, 1.54) is 0 Å². The second-order valence-corrected chi connectivity index (χ2v) is 8.35. The van der Waals surface area contributed by atoms with Crippen molar-refractivity contribution >= 4 is 39.8 Å². The molecule has 1 amide bonds. The summed E-state index contributed by atoms with van der Waals surface area (Å²) >= 11 is 6.14. The fraction of sp³-hybridized carbons (Fsp3) is 0.154. The zero-order valence-corrected chi connectivity index (χ0v) is 19.4. The van der Waals surface area contributed by atoms with Crippen molar-refractivity contribution in [3.8, 4) is 5.88 Å². The van der Waals surface area contributed by atoms with Crippen molar-refractivity contribution in [3.05, 3.63) is 94.5 Å². The van der Waals surface area contributed by atoms with Crippen molar-refractivity contribution < 1.29 is 9.90 Å². The first-order valence-electron chi connectivity index (χ1n) is 10.5. The van der Waals surface area contributed by atoms with Gasteiger partial charge in [-0.05, 0) is 36.9 Å². The van der Waals surface area contributed by atoms with Gasteiger partial charge in [-0.2, -0.15) is 0 Å². The molecule has 1 aromatic heterocycles. The van der Waals surface area contributed by atoms with Crippen LogP contribution in [-0.2, 0) is 4.79 Å². The van der Waals surface area contributed by atoms with E-state index in [4.69, 9.17) is 16.6 Å². The molecule has 6 nitrogen and oxygen atoms in total. The minimum Gasteiger partial charge on any atom is -0.494 e. The van der Waals surface area contributed by atoms with E-state index in [1.54, 1.807) is 38.2 Å². The van der Waals surface area contributed by atoms with Gasteiger partial charge in [0.05, 0.1) is 22.5 Å². The lowest BCUT2D eigenvalue weighted by atomic mass is 10.0. The van der Waals surface area contributed by atoms with Crippen molar-refractivity contribution in [2.24, 2.45) is 4.99 Å². The first-order chi connectivity index (χ1) is 15.9. The van der Waals surface area contributed by atoms with E-state index in [9.17, 15) is 9.90 Å². The molecule has 1 unspecified atom stereocenters. The zero-order valence-electron chi connectivity index (χ0n) is 18.6. The summed E-state index contributed by atoms with van der Waals surface area (Å²) in [5, 5.41) is 15.2. The third kappa shape index (κ3) is 4.62. The number of carbonyl (C=O) groups excluding carboxylic acids is 1. The lowest BCUT2D eigenvalue weighted by molar-refractivity contribution is -0.130. The van der Waals surface area contributed by atoms with Crippen molar-refractivity contribution in [2.45, 2.75) is 6.04 Å². The maximum Gasteiger partial charge on any atom is 0.243 e. The number of carbonyl (C=O) groups is 1. The molecular formula is C26H25ClN4O2. The number of likely N-dealkylation sites (N-methyl/N-ethyl adjacent to an activating group) is 2. The molecule has 0 aliphatic carbocycles. The molecule has 0 radical (unpaired) electrons. The predicted octanol–water partition coefficient (Wildman–Crippen LogP) is 5.04. The maximum atomic E-state index is 12.5. The Morgan fingerprint density at radius 3 is 2.39 bits per heavy atom. The molecule has 0 saturated carbocycles. The highest BCUT2D eigenvalue weighted by Crippen LogP contribution is 2.33. The minimum absolute atomic E-state index is 0.0262. The van der Waals surface area contributed by atoms with Crippen LogP contribution in [0.25, 0.3) is 10.9 Å². The van der Waals surface area contributed by atoms with Gasteiger partial charge in [0.25, 0.3) is 0 Å². The Kier molecular flexibility index (Phi) is 6.49. The summed E-state index contributed by atoms with van der Waals surface area (Å²) < 4.78 is 0. The summed E-state index contributed by atoms with van der Waals surface area (Å²) in [5.74, 6) is -0.000539. The van der Waals surface area contributed by atoms with Crippen LogP contribution < -0.4 is 5.32 Å². The summed E-state index contributed by atoms with van der Waals surface area (Å²) in [6, 6.07) is 22.2. The van der Waals surface area contributed by atoms with Crippen molar-refractivity contribution in [3.63, 3.8) is 0 Å². The summed E-state index contributed by atoms with van der Waals surface area (Å²) in [5.41, 5.74) is 4.38. The summed E-state index contributed by atoms with van der Waals surface area (Å²) in [6.07, 6.45) is 0. The fourth-order valence-electron chi connectivity index (χ4n) is 3.82. The average molecular weight is 461 g/mol. The number of aliphatic imine (C=N–C) groups is 1. The van der Waals surface area contributed by atoms with Crippen LogP contribution in [0.2, 0.25) is 5.02 Å². The van der Waals surface area contributed by atoms with E-state index in [2.05, 4.69) is 10.3 Å². The minimum atomic E-state index is -0.436. The molecule has 0 saturated heterocycles. The van der Waals surface area contributed by atoms with Gasteiger partial charge in [-0.1, -0.05) is 60.1 Å². The molecule has 0 spiro atoms. The monoisotopic (exact) mass is 460 g/mol. The number of aromatic hydroxyl groups is 1. The number of hydrogen-bond donors (Lipinski definition) is 3.